The van der Waals surface area contributed by atoms with Crippen LogP contribution in [0.3, 0.4) is 0 Å². The fourth-order valence-corrected chi connectivity index (χ4v) is 8.98. The summed E-state index contributed by atoms with van der Waals surface area (Å²) in [6.07, 6.45) is -3.48. The number of carbonyl (C=O) groups excluding carboxylic acids is 4. The van der Waals surface area contributed by atoms with Crippen molar-refractivity contribution in [2.75, 3.05) is 0 Å². The van der Waals surface area contributed by atoms with E-state index < -0.39 is 48.2 Å². The molecule has 0 bridgehead atoms. The largest absolute Gasteiger partial charge is 0.445 e. The molecule has 71 heavy (non-hydrogen) atoms. The lowest BCUT2D eigenvalue weighted by Gasteiger charge is -2.41. The summed E-state index contributed by atoms with van der Waals surface area (Å²) in [5.74, 6) is -3.89. The van der Waals surface area contributed by atoms with Crippen LogP contribution in [0.15, 0.2) is 243 Å². The zero-order chi connectivity index (χ0) is 49.4. The van der Waals surface area contributed by atoms with Crippen molar-refractivity contribution in [2.24, 2.45) is 0 Å². The van der Waals surface area contributed by atoms with Crippen molar-refractivity contribution in [1.82, 2.24) is 9.80 Å². The van der Waals surface area contributed by atoms with E-state index in [1.54, 1.807) is 60.7 Å². The van der Waals surface area contributed by atoms with Gasteiger partial charge in [0.1, 0.15) is 0 Å². The van der Waals surface area contributed by atoms with E-state index >= 15 is 9.59 Å². The molecule has 0 aromatic heterocycles. The minimum Gasteiger partial charge on any atom is -0.445 e. The van der Waals surface area contributed by atoms with Gasteiger partial charge in [0.2, 0.25) is 12.2 Å². The Hall–Kier alpha value is -8.24. The summed E-state index contributed by atoms with van der Waals surface area (Å²) in [6, 6.07) is 71.8. The lowest BCUT2D eigenvalue weighted by atomic mass is 9.94. The van der Waals surface area contributed by atoms with E-state index in [4.69, 9.17) is 14.2 Å². The van der Waals surface area contributed by atoms with Gasteiger partial charge in [0.15, 0.2) is 0 Å². The number of carbonyl (C=O) groups is 4. The third kappa shape index (κ3) is 12.7. The van der Waals surface area contributed by atoms with E-state index in [9.17, 15) is 9.59 Å². The first kappa shape index (κ1) is 49.2. The minimum atomic E-state index is -1.74. The van der Waals surface area contributed by atoms with E-state index in [1.807, 2.05) is 196 Å². The quantitative estimate of drug-likeness (QED) is 0.0420. The molecule has 0 aliphatic rings. The average Bonchev–Trinajstić information content (AvgIpc) is 3.43. The van der Waals surface area contributed by atoms with Gasteiger partial charge in [-0.05, 0) is 71.5 Å². The van der Waals surface area contributed by atoms with Crippen LogP contribution in [0.25, 0.3) is 0 Å². The van der Waals surface area contributed by atoms with E-state index in [0.717, 1.165) is 22.3 Å². The SMILES string of the molecule is C[C@H](c1ccccc1)N(Cc1ccccc1)C(c1ccccc1)[C@H](OC(=O)c1ccccc1)C(=O)OC(=O)C(OC(=O)c1ccccc1)[C@H](c1ccccc1)N(Cc1ccccc1)[C@@H](C)c1ccccc1. The van der Waals surface area contributed by atoms with Crippen LogP contribution in [-0.2, 0) is 36.9 Å². The summed E-state index contributed by atoms with van der Waals surface area (Å²) in [5.41, 5.74) is 5.37. The standard InChI is InChI=1S/C62H56N2O7/c1-45(49-31-15-5-16-32-49)63(43-47-27-11-3-12-28-47)55(51-35-19-7-20-36-51)57(69-59(65)53-39-23-9-24-40-53)61(67)71-62(68)58(70-60(66)54-41-25-10-26-42-54)56(52-37-21-8-22-38-52)64(44-48-29-13-4-14-30-48)46(2)50-33-17-6-18-34-50/h3-42,45-46,55-58H,43-44H2,1-2H3/t45-,46+,55-,56?,57?,58-/m0/s1. The second-order valence-corrected chi connectivity index (χ2v) is 17.3. The van der Waals surface area contributed by atoms with Crippen LogP contribution >= 0.6 is 0 Å². The van der Waals surface area contributed by atoms with Crippen LogP contribution in [0.1, 0.15) is 92.1 Å². The Morgan fingerprint density at radius 3 is 0.901 bits per heavy atom. The van der Waals surface area contributed by atoms with Gasteiger partial charge < -0.3 is 14.2 Å². The predicted molar refractivity (Wildman–Crippen MR) is 274 cm³/mol. The molecular weight excluding hydrogens is 885 g/mol. The molecule has 9 nitrogen and oxygen atoms in total. The second-order valence-electron chi connectivity index (χ2n) is 17.3. The molecule has 0 radical (unpaired) electrons. The van der Waals surface area contributed by atoms with Crippen LogP contribution in [0.2, 0.25) is 0 Å². The smallest absolute Gasteiger partial charge is 0.357 e. The highest BCUT2D eigenvalue weighted by Crippen LogP contribution is 2.39. The molecule has 8 aromatic rings. The summed E-state index contributed by atoms with van der Waals surface area (Å²) < 4.78 is 18.9. The Morgan fingerprint density at radius 2 is 0.606 bits per heavy atom. The molecule has 0 aliphatic heterocycles. The maximum atomic E-state index is 15.6. The number of benzene rings is 8. The molecule has 0 saturated carbocycles. The monoisotopic (exact) mass is 940 g/mol. The van der Waals surface area contributed by atoms with Crippen molar-refractivity contribution in [1.29, 1.82) is 0 Å². The summed E-state index contributed by atoms with van der Waals surface area (Å²) in [7, 11) is 0. The predicted octanol–water partition coefficient (Wildman–Crippen LogP) is 12.5. The molecule has 8 rings (SSSR count). The number of nitrogens with zero attached hydrogens (tertiary/aromatic N) is 2. The van der Waals surface area contributed by atoms with Gasteiger partial charge in [-0.1, -0.05) is 218 Å². The fraction of sp³-hybridized carbons (Fsp3) is 0.161. The highest BCUT2D eigenvalue weighted by atomic mass is 16.6. The number of esters is 4. The first-order valence-electron chi connectivity index (χ1n) is 23.8. The highest BCUT2D eigenvalue weighted by Gasteiger charge is 2.46. The molecule has 2 unspecified atom stereocenters. The van der Waals surface area contributed by atoms with Crippen LogP contribution < -0.4 is 0 Å². The lowest BCUT2D eigenvalue weighted by molar-refractivity contribution is -0.177. The molecule has 0 aliphatic carbocycles. The first-order chi connectivity index (χ1) is 34.7. The Balaban J connectivity index is 1.27. The third-order valence-electron chi connectivity index (χ3n) is 12.7. The molecule has 0 N–H and O–H groups in total. The third-order valence-corrected chi connectivity index (χ3v) is 12.7. The van der Waals surface area contributed by atoms with Crippen molar-refractivity contribution in [2.45, 2.75) is 63.3 Å². The molecule has 0 spiro atoms. The zero-order valence-corrected chi connectivity index (χ0v) is 39.7. The van der Waals surface area contributed by atoms with Gasteiger partial charge in [-0.25, -0.2) is 19.2 Å². The van der Waals surface area contributed by atoms with Gasteiger partial charge in [-0.2, -0.15) is 0 Å². The summed E-state index contributed by atoms with van der Waals surface area (Å²) in [6.45, 7) is 4.66. The van der Waals surface area contributed by atoms with E-state index in [2.05, 4.69) is 9.80 Å². The molecule has 9 heteroatoms. The molecular formula is C62H56N2O7. The Bertz CT molecular complexity index is 2710. The Kier molecular flexibility index (Phi) is 16.9. The van der Waals surface area contributed by atoms with Gasteiger partial charge in [-0.3, -0.25) is 9.80 Å². The second kappa shape index (κ2) is 24.4. The number of rotatable bonds is 20. The van der Waals surface area contributed by atoms with Crippen LogP contribution in [-0.4, -0.2) is 45.9 Å². The highest BCUT2D eigenvalue weighted by molar-refractivity contribution is 5.96. The van der Waals surface area contributed by atoms with Crippen molar-refractivity contribution in [3.8, 4) is 0 Å². The zero-order valence-electron chi connectivity index (χ0n) is 39.7. The molecule has 6 atom stereocenters. The summed E-state index contributed by atoms with van der Waals surface area (Å²) in [4.78, 5) is 64.1. The fourth-order valence-electron chi connectivity index (χ4n) is 8.98. The van der Waals surface area contributed by atoms with Crippen molar-refractivity contribution < 1.29 is 33.4 Å². The number of ether oxygens (including phenoxy) is 3. The first-order valence-corrected chi connectivity index (χ1v) is 23.8. The summed E-state index contributed by atoms with van der Waals surface area (Å²) >= 11 is 0. The summed E-state index contributed by atoms with van der Waals surface area (Å²) in [5, 5.41) is 0. The van der Waals surface area contributed by atoms with Gasteiger partial charge in [0, 0.05) is 25.2 Å². The molecule has 8 aromatic carbocycles. The molecule has 0 saturated heterocycles. The maximum absolute atomic E-state index is 15.6. The van der Waals surface area contributed by atoms with Crippen molar-refractivity contribution >= 4 is 23.9 Å². The van der Waals surface area contributed by atoms with Crippen molar-refractivity contribution in [3.05, 3.63) is 287 Å². The van der Waals surface area contributed by atoms with E-state index in [1.165, 1.54) is 0 Å². The van der Waals surface area contributed by atoms with E-state index in [0.29, 0.717) is 24.2 Å². The number of hydrogen-bond acceptors (Lipinski definition) is 9. The maximum Gasteiger partial charge on any atom is 0.357 e. The Morgan fingerprint density at radius 1 is 0.352 bits per heavy atom. The molecule has 356 valence electrons. The van der Waals surface area contributed by atoms with Crippen LogP contribution in [0.4, 0.5) is 0 Å². The minimum absolute atomic E-state index is 0.194. The van der Waals surface area contributed by atoms with Gasteiger partial charge in [0.05, 0.1) is 23.2 Å². The molecule has 0 amide bonds. The Labute approximate surface area is 415 Å². The van der Waals surface area contributed by atoms with Gasteiger partial charge in [-0.15, -0.1) is 0 Å². The van der Waals surface area contributed by atoms with Crippen LogP contribution in [0, 0.1) is 0 Å². The topological polar surface area (TPSA) is 102 Å². The van der Waals surface area contributed by atoms with Gasteiger partial charge in [0.25, 0.3) is 0 Å². The van der Waals surface area contributed by atoms with Crippen LogP contribution in [0.5, 0.6) is 0 Å². The molecule has 0 fully saturated rings. The molecule has 0 heterocycles. The van der Waals surface area contributed by atoms with Crippen molar-refractivity contribution in [3.63, 3.8) is 0 Å². The lowest BCUT2D eigenvalue weighted by Crippen LogP contribution is -2.48. The normalized spacial score (nSPS) is 13.7. The average molecular weight is 941 g/mol. The van der Waals surface area contributed by atoms with E-state index in [-0.39, 0.29) is 23.2 Å². The van der Waals surface area contributed by atoms with Gasteiger partial charge >= 0.3 is 23.9 Å². The number of hydrogen-bond donors (Lipinski definition) is 0.